The molecular weight excluding hydrogens is 254 g/mol. The van der Waals surface area contributed by atoms with Crippen LogP contribution in [0.3, 0.4) is 0 Å². The molecule has 0 radical (unpaired) electrons. The standard InChI is InChI=1S/C15H15N3O2/c1-2-8-3-4-12(16-7-8)18-14-10-5-9(10)6-11(14)13(17-18)15(19)20/h3-4,7,9-10H,2,5-6H2,1H3,(H,19,20)/t9-,10-/m0/s1. The second kappa shape index (κ2) is 3.91. The molecule has 0 spiro atoms. The Balaban J connectivity index is 1.85. The molecule has 0 aliphatic heterocycles. The lowest BCUT2D eigenvalue weighted by Gasteiger charge is -2.05. The molecule has 2 aromatic rings. The Kier molecular flexibility index (Phi) is 2.28. The normalized spacial score (nSPS) is 22.4. The predicted octanol–water partition coefficient (Wildman–Crippen LogP) is 2.19. The van der Waals surface area contributed by atoms with Crippen LogP contribution in [-0.4, -0.2) is 25.8 Å². The third kappa shape index (κ3) is 1.52. The van der Waals surface area contributed by atoms with Gasteiger partial charge >= 0.3 is 5.97 Å². The quantitative estimate of drug-likeness (QED) is 0.927. The zero-order valence-corrected chi connectivity index (χ0v) is 11.2. The van der Waals surface area contributed by atoms with Crippen LogP contribution in [0.15, 0.2) is 18.3 Å². The summed E-state index contributed by atoms with van der Waals surface area (Å²) in [4.78, 5) is 15.8. The lowest BCUT2D eigenvalue weighted by molar-refractivity contribution is 0.0688. The van der Waals surface area contributed by atoms with Crippen LogP contribution in [0.4, 0.5) is 0 Å². The fourth-order valence-corrected chi connectivity index (χ4v) is 3.21. The molecule has 2 aliphatic rings. The molecule has 2 aromatic heterocycles. The Hall–Kier alpha value is -2.17. The number of rotatable bonds is 3. The summed E-state index contributed by atoms with van der Waals surface area (Å²) in [5.74, 6) is 0.894. The third-order valence-corrected chi connectivity index (χ3v) is 4.40. The highest BCUT2D eigenvalue weighted by Crippen LogP contribution is 2.57. The first kappa shape index (κ1) is 11.6. The molecule has 2 heterocycles. The van der Waals surface area contributed by atoms with Crippen LogP contribution in [0.2, 0.25) is 0 Å². The Bertz CT molecular complexity index is 703. The number of hydrogen-bond donors (Lipinski definition) is 1. The summed E-state index contributed by atoms with van der Waals surface area (Å²) in [5.41, 5.74) is 3.36. The van der Waals surface area contributed by atoms with Crippen LogP contribution in [0.1, 0.15) is 46.6 Å². The molecule has 5 heteroatoms. The average Bonchev–Trinajstić information content (AvgIpc) is 2.95. The average molecular weight is 269 g/mol. The van der Waals surface area contributed by atoms with Gasteiger partial charge in [0.15, 0.2) is 11.5 Å². The molecule has 4 rings (SSSR count). The van der Waals surface area contributed by atoms with E-state index in [0.717, 1.165) is 36.3 Å². The van der Waals surface area contributed by atoms with Gasteiger partial charge in [-0.15, -0.1) is 0 Å². The second-order valence-corrected chi connectivity index (χ2v) is 5.61. The third-order valence-electron chi connectivity index (χ3n) is 4.40. The van der Waals surface area contributed by atoms with E-state index in [9.17, 15) is 9.90 Å². The maximum absolute atomic E-state index is 11.3. The lowest BCUT2D eigenvalue weighted by atomic mass is 10.1. The van der Waals surface area contributed by atoms with E-state index in [1.165, 1.54) is 5.56 Å². The fraction of sp³-hybridized carbons (Fsp3) is 0.400. The zero-order chi connectivity index (χ0) is 13.9. The maximum atomic E-state index is 11.3. The number of carboxylic acids is 1. The first-order chi connectivity index (χ1) is 9.69. The molecule has 2 aliphatic carbocycles. The number of carbonyl (C=O) groups is 1. The van der Waals surface area contributed by atoms with Crippen LogP contribution >= 0.6 is 0 Å². The minimum Gasteiger partial charge on any atom is -0.476 e. The lowest BCUT2D eigenvalue weighted by Crippen LogP contribution is -2.06. The van der Waals surface area contributed by atoms with E-state index in [0.29, 0.717) is 11.8 Å². The molecule has 1 fully saturated rings. The van der Waals surface area contributed by atoms with Crippen molar-refractivity contribution >= 4 is 5.97 Å². The fourth-order valence-electron chi connectivity index (χ4n) is 3.21. The molecule has 0 amide bonds. The molecule has 5 nitrogen and oxygen atoms in total. The van der Waals surface area contributed by atoms with E-state index in [1.54, 1.807) is 4.68 Å². The number of nitrogens with zero attached hydrogens (tertiary/aromatic N) is 3. The number of aryl methyl sites for hydroxylation is 1. The van der Waals surface area contributed by atoms with Gasteiger partial charge in [-0.1, -0.05) is 13.0 Å². The van der Waals surface area contributed by atoms with E-state index in [4.69, 9.17) is 0 Å². The van der Waals surface area contributed by atoms with Crippen molar-refractivity contribution in [3.8, 4) is 5.82 Å². The highest BCUT2D eigenvalue weighted by molar-refractivity contribution is 5.88. The van der Waals surface area contributed by atoms with Crippen LogP contribution < -0.4 is 0 Å². The van der Waals surface area contributed by atoms with Gasteiger partial charge in [-0.2, -0.15) is 5.10 Å². The van der Waals surface area contributed by atoms with Gasteiger partial charge in [-0.3, -0.25) is 0 Å². The molecule has 2 atom stereocenters. The molecular formula is C15H15N3O2. The van der Waals surface area contributed by atoms with Crippen molar-refractivity contribution < 1.29 is 9.90 Å². The molecule has 1 N–H and O–H groups in total. The second-order valence-electron chi connectivity index (χ2n) is 5.61. The number of fused-ring (bicyclic) bond motifs is 3. The highest BCUT2D eigenvalue weighted by atomic mass is 16.4. The number of aromatic nitrogens is 3. The molecule has 0 aromatic carbocycles. The van der Waals surface area contributed by atoms with Gasteiger partial charge in [-0.05, 0) is 36.8 Å². The largest absolute Gasteiger partial charge is 0.476 e. The van der Waals surface area contributed by atoms with Gasteiger partial charge in [0.1, 0.15) is 0 Å². The van der Waals surface area contributed by atoms with Crippen molar-refractivity contribution in [2.45, 2.75) is 32.1 Å². The van der Waals surface area contributed by atoms with Gasteiger partial charge in [0.05, 0.1) is 5.69 Å². The first-order valence-electron chi connectivity index (χ1n) is 6.99. The van der Waals surface area contributed by atoms with E-state index in [1.807, 2.05) is 18.3 Å². The summed E-state index contributed by atoms with van der Waals surface area (Å²) in [5, 5.41) is 13.6. The molecule has 0 saturated heterocycles. The first-order valence-corrected chi connectivity index (χ1v) is 6.99. The Morgan fingerprint density at radius 3 is 3.00 bits per heavy atom. The van der Waals surface area contributed by atoms with Gasteiger partial charge in [-0.25, -0.2) is 14.5 Å². The summed E-state index contributed by atoms with van der Waals surface area (Å²) in [6.07, 6.45) is 4.79. The van der Waals surface area contributed by atoms with Crippen molar-refractivity contribution in [1.29, 1.82) is 0 Å². The van der Waals surface area contributed by atoms with Gasteiger partial charge in [0.25, 0.3) is 0 Å². The van der Waals surface area contributed by atoms with Crippen molar-refractivity contribution in [2.24, 2.45) is 5.92 Å². The predicted molar refractivity (Wildman–Crippen MR) is 72.2 cm³/mol. The topological polar surface area (TPSA) is 68.0 Å². The Morgan fingerprint density at radius 1 is 1.50 bits per heavy atom. The Labute approximate surface area is 116 Å². The summed E-state index contributed by atoms with van der Waals surface area (Å²) in [7, 11) is 0. The van der Waals surface area contributed by atoms with Crippen LogP contribution in [0.5, 0.6) is 0 Å². The minimum atomic E-state index is -0.938. The van der Waals surface area contributed by atoms with Crippen LogP contribution in [0.25, 0.3) is 5.82 Å². The highest BCUT2D eigenvalue weighted by Gasteiger charge is 2.50. The summed E-state index contributed by atoms with van der Waals surface area (Å²) in [6.45, 7) is 2.08. The number of aromatic carboxylic acids is 1. The summed E-state index contributed by atoms with van der Waals surface area (Å²) >= 11 is 0. The Morgan fingerprint density at radius 2 is 2.35 bits per heavy atom. The molecule has 0 bridgehead atoms. The van der Waals surface area contributed by atoms with Gasteiger partial charge in [0.2, 0.25) is 0 Å². The maximum Gasteiger partial charge on any atom is 0.356 e. The zero-order valence-electron chi connectivity index (χ0n) is 11.2. The molecule has 102 valence electrons. The van der Waals surface area contributed by atoms with E-state index in [-0.39, 0.29) is 5.69 Å². The SMILES string of the molecule is CCc1ccc(-n2nc(C(=O)O)c3c2[C@H]2C[C@H]2C3)nc1. The van der Waals surface area contributed by atoms with E-state index < -0.39 is 5.97 Å². The van der Waals surface area contributed by atoms with Crippen molar-refractivity contribution in [3.05, 3.63) is 40.8 Å². The molecule has 1 saturated carbocycles. The summed E-state index contributed by atoms with van der Waals surface area (Å²) < 4.78 is 1.75. The van der Waals surface area contributed by atoms with Gasteiger partial charge < -0.3 is 5.11 Å². The van der Waals surface area contributed by atoms with Crippen molar-refractivity contribution in [3.63, 3.8) is 0 Å². The monoisotopic (exact) mass is 269 g/mol. The summed E-state index contributed by atoms with van der Waals surface area (Å²) in [6, 6.07) is 3.95. The van der Waals surface area contributed by atoms with Crippen molar-refractivity contribution in [1.82, 2.24) is 14.8 Å². The molecule has 0 unspecified atom stereocenters. The number of pyridine rings is 1. The minimum absolute atomic E-state index is 0.202. The smallest absolute Gasteiger partial charge is 0.356 e. The van der Waals surface area contributed by atoms with Crippen molar-refractivity contribution in [2.75, 3.05) is 0 Å². The van der Waals surface area contributed by atoms with E-state index in [2.05, 4.69) is 17.0 Å². The van der Waals surface area contributed by atoms with Gasteiger partial charge in [0, 0.05) is 17.7 Å². The number of carboxylic acid groups (broad SMARTS) is 1. The number of hydrogen-bond acceptors (Lipinski definition) is 3. The van der Waals surface area contributed by atoms with Crippen LogP contribution in [0, 0.1) is 5.92 Å². The molecule has 20 heavy (non-hydrogen) atoms. The van der Waals surface area contributed by atoms with E-state index >= 15 is 0 Å². The van der Waals surface area contributed by atoms with Crippen LogP contribution in [-0.2, 0) is 12.8 Å².